The summed E-state index contributed by atoms with van der Waals surface area (Å²) in [4.78, 5) is 2.65. The Morgan fingerprint density at radius 3 is 1.97 bits per heavy atom. The topological polar surface area (TPSA) is 55.7 Å². The fourth-order valence-electron chi connectivity index (χ4n) is 8.05. The number of halogens is 1. The fraction of sp³-hybridized carbons (Fsp3) is 1.00. The smallest absolute Gasteiger partial charge is 0.107 e. The van der Waals surface area contributed by atoms with Crippen molar-refractivity contribution in [1.29, 1.82) is 0 Å². The van der Waals surface area contributed by atoms with E-state index in [2.05, 4.69) is 17.1 Å². The summed E-state index contributed by atoms with van der Waals surface area (Å²) in [5.41, 5.74) is 0. The van der Waals surface area contributed by atoms with Crippen LogP contribution in [0.5, 0.6) is 0 Å². The molecule has 5 heteroatoms. The van der Waals surface area contributed by atoms with E-state index in [1.165, 1.54) is 96.6 Å². The first-order valence-electron chi connectivity index (χ1n) is 14.9. The van der Waals surface area contributed by atoms with Crippen molar-refractivity contribution in [2.45, 2.75) is 127 Å². The number of rotatable bonds is 8. The molecule has 4 rings (SSSR count). The molecule has 0 amide bonds. The Morgan fingerprint density at radius 1 is 0.735 bits per heavy atom. The highest BCUT2D eigenvalue weighted by atomic mass is 35.5. The van der Waals surface area contributed by atoms with Crippen LogP contribution in [0, 0.1) is 35.5 Å². The van der Waals surface area contributed by atoms with Gasteiger partial charge < -0.3 is 10.2 Å². The summed E-state index contributed by atoms with van der Waals surface area (Å²) in [6.45, 7) is 7.61. The van der Waals surface area contributed by atoms with E-state index in [4.69, 9.17) is 11.6 Å². The number of nitrogens with zero attached hydrogens (tertiary/aromatic N) is 1. The molecule has 0 aromatic carbocycles. The zero-order chi connectivity index (χ0) is 24.1. The molecule has 3 N–H and O–H groups in total. The summed E-state index contributed by atoms with van der Waals surface area (Å²) in [5.74, 6) is 4.31. The molecule has 34 heavy (non-hydrogen) atoms. The zero-order valence-corrected chi connectivity index (χ0v) is 22.8. The second-order valence-electron chi connectivity index (χ2n) is 12.7. The predicted octanol–water partition coefficient (Wildman–Crippen LogP) is 5.79. The number of alkyl halides is 1. The van der Waals surface area contributed by atoms with E-state index >= 15 is 0 Å². The maximum Gasteiger partial charge on any atom is 0.107 e. The van der Waals surface area contributed by atoms with Crippen LogP contribution in [0.4, 0.5) is 0 Å². The van der Waals surface area contributed by atoms with Gasteiger partial charge in [0.1, 0.15) is 6.23 Å². The van der Waals surface area contributed by atoms with Crippen molar-refractivity contribution in [3.05, 3.63) is 0 Å². The highest BCUT2D eigenvalue weighted by Gasteiger charge is 2.35. The molecule has 4 unspecified atom stereocenters. The first kappa shape index (κ1) is 27.2. The zero-order valence-electron chi connectivity index (χ0n) is 22.0. The highest BCUT2D eigenvalue weighted by Crippen LogP contribution is 2.43. The molecule has 5 atom stereocenters. The molecule has 0 radical (unpaired) electrons. The van der Waals surface area contributed by atoms with Gasteiger partial charge in [-0.25, -0.2) is 0 Å². The monoisotopic (exact) mass is 496 g/mol. The van der Waals surface area contributed by atoms with Gasteiger partial charge in [0.25, 0.3) is 0 Å². The van der Waals surface area contributed by atoms with Crippen molar-refractivity contribution >= 4 is 11.6 Å². The Kier molecular flexibility index (Phi) is 10.5. The number of hydrogen-bond donors (Lipinski definition) is 3. The maximum absolute atomic E-state index is 11.0. The Bertz CT molecular complexity index is 581. The van der Waals surface area contributed by atoms with Crippen LogP contribution in [-0.4, -0.2) is 58.5 Å². The number of nitrogens with one attached hydrogen (secondary N) is 1. The van der Waals surface area contributed by atoms with Crippen LogP contribution in [0.1, 0.15) is 104 Å². The molecule has 4 aliphatic rings. The molecule has 1 heterocycles. The largest absolute Gasteiger partial charge is 0.393 e. The SMILES string of the molecule is CC(O)C1CCC(C2CCCC(C(O)NC[C@@H](C)N3CCC(C4CCC(Cl)CC4)CC3)C2)CC1. The molecule has 1 aliphatic heterocycles. The lowest BCUT2D eigenvalue weighted by Gasteiger charge is -2.42. The Hall–Kier alpha value is 0.130. The van der Waals surface area contributed by atoms with Gasteiger partial charge in [-0.2, -0.15) is 0 Å². The molecule has 0 bridgehead atoms. The molecule has 4 fully saturated rings. The average molecular weight is 497 g/mol. The van der Waals surface area contributed by atoms with Crippen LogP contribution in [0.15, 0.2) is 0 Å². The third kappa shape index (κ3) is 7.34. The van der Waals surface area contributed by atoms with Crippen molar-refractivity contribution in [2.24, 2.45) is 35.5 Å². The lowest BCUT2D eigenvalue weighted by Crippen LogP contribution is -2.49. The third-order valence-electron chi connectivity index (χ3n) is 10.6. The summed E-state index contributed by atoms with van der Waals surface area (Å²) < 4.78 is 0. The number of hydrogen-bond acceptors (Lipinski definition) is 4. The van der Waals surface area contributed by atoms with E-state index in [1.807, 2.05) is 6.92 Å². The third-order valence-corrected chi connectivity index (χ3v) is 11.0. The number of aliphatic hydroxyl groups is 2. The summed E-state index contributed by atoms with van der Waals surface area (Å²) >= 11 is 6.32. The summed E-state index contributed by atoms with van der Waals surface area (Å²) in [5, 5.41) is 24.9. The van der Waals surface area contributed by atoms with Crippen LogP contribution in [0.2, 0.25) is 0 Å². The van der Waals surface area contributed by atoms with Gasteiger partial charge in [-0.3, -0.25) is 10.2 Å². The maximum atomic E-state index is 11.0. The fourth-order valence-corrected chi connectivity index (χ4v) is 8.30. The summed E-state index contributed by atoms with van der Waals surface area (Å²) in [7, 11) is 0. The molecule has 0 aromatic heterocycles. The van der Waals surface area contributed by atoms with Crippen LogP contribution in [0.25, 0.3) is 0 Å². The standard InChI is InChI=1S/C29H53ClN2O2/c1-20(32-16-14-25(15-17-32)23-10-12-28(30)13-11-23)19-31-29(34)27-5-3-4-26(18-27)24-8-6-22(7-9-24)21(2)33/h20-29,31,33-34H,3-19H2,1-2H3/t20-,21?,22?,23?,24?,26?,27?,28?,29?/m1/s1. The van der Waals surface area contributed by atoms with Gasteiger partial charge in [0.2, 0.25) is 0 Å². The molecule has 4 nitrogen and oxygen atoms in total. The number of aliphatic hydroxyl groups excluding tert-OH is 2. The minimum atomic E-state index is -0.359. The number of piperidine rings is 1. The molecule has 3 saturated carbocycles. The molecule has 0 spiro atoms. The van der Waals surface area contributed by atoms with Crippen LogP contribution in [0.3, 0.4) is 0 Å². The van der Waals surface area contributed by atoms with E-state index < -0.39 is 0 Å². The van der Waals surface area contributed by atoms with Gasteiger partial charge in [0.15, 0.2) is 0 Å². The van der Waals surface area contributed by atoms with Crippen molar-refractivity contribution < 1.29 is 10.2 Å². The van der Waals surface area contributed by atoms with Crippen LogP contribution in [-0.2, 0) is 0 Å². The van der Waals surface area contributed by atoms with Crippen LogP contribution >= 0.6 is 11.6 Å². The molecule has 3 aliphatic carbocycles. The van der Waals surface area contributed by atoms with Gasteiger partial charge >= 0.3 is 0 Å². The van der Waals surface area contributed by atoms with Gasteiger partial charge in [-0.15, -0.1) is 11.6 Å². The average Bonchev–Trinajstić information content (AvgIpc) is 2.88. The van der Waals surface area contributed by atoms with Gasteiger partial charge in [-0.1, -0.05) is 12.8 Å². The minimum absolute atomic E-state index is 0.148. The predicted molar refractivity (Wildman–Crippen MR) is 142 cm³/mol. The molecule has 198 valence electrons. The molecule has 0 aromatic rings. The number of likely N-dealkylation sites (tertiary alicyclic amines) is 1. The van der Waals surface area contributed by atoms with Gasteiger partial charge in [0.05, 0.1) is 6.10 Å². The second kappa shape index (κ2) is 13.1. The Morgan fingerprint density at radius 2 is 1.32 bits per heavy atom. The first-order valence-corrected chi connectivity index (χ1v) is 15.3. The second-order valence-corrected chi connectivity index (χ2v) is 13.3. The van der Waals surface area contributed by atoms with E-state index in [-0.39, 0.29) is 12.3 Å². The van der Waals surface area contributed by atoms with E-state index in [0.717, 1.165) is 36.6 Å². The van der Waals surface area contributed by atoms with Gasteiger partial charge in [-0.05, 0) is 139 Å². The lowest BCUT2D eigenvalue weighted by molar-refractivity contribution is 0.0142. The van der Waals surface area contributed by atoms with E-state index in [9.17, 15) is 10.2 Å². The molecular weight excluding hydrogens is 444 g/mol. The van der Waals surface area contributed by atoms with Crippen molar-refractivity contribution in [2.75, 3.05) is 19.6 Å². The van der Waals surface area contributed by atoms with E-state index in [0.29, 0.717) is 23.3 Å². The molecule has 1 saturated heterocycles. The quantitative estimate of drug-likeness (QED) is 0.294. The Balaban J connectivity index is 1.15. The first-order chi connectivity index (χ1) is 16.4. The normalized spacial score (nSPS) is 39.4. The van der Waals surface area contributed by atoms with Crippen molar-refractivity contribution in [3.63, 3.8) is 0 Å². The summed E-state index contributed by atoms with van der Waals surface area (Å²) in [6.07, 6.45) is 17.2. The minimum Gasteiger partial charge on any atom is -0.393 e. The summed E-state index contributed by atoms with van der Waals surface area (Å²) in [6, 6.07) is 0.490. The van der Waals surface area contributed by atoms with Crippen molar-refractivity contribution in [3.8, 4) is 0 Å². The molecular formula is C29H53ClN2O2. The Labute approximate surface area is 214 Å². The van der Waals surface area contributed by atoms with Gasteiger partial charge in [0, 0.05) is 18.0 Å². The lowest BCUT2D eigenvalue weighted by atomic mass is 9.68. The van der Waals surface area contributed by atoms with Crippen LogP contribution < -0.4 is 5.32 Å². The highest BCUT2D eigenvalue weighted by molar-refractivity contribution is 6.20. The van der Waals surface area contributed by atoms with Crippen molar-refractivity contribution in [1.82, 2.24) is 10.2 Å². The van der Waals surface area contributed by atoms with E-state index in [1.54, 1.807) is 0 Å².